The third-order valence-corrected chi connectivity index (χ3v) is 5.28. The number of rotatable bonds is 10. The number of ether oxygens (including phenoxy) is 4. The van der Waals surface area contributed by atoms with Crippen molar-refractivity contribution in [3.63, 3.8) is 0 Å². The van der Waals surface area contributed by atoms with Gasteiger partial charge in [-0.05, 0) is 35.4 Å². The molecule has 1 saturated heterocycles. The summed E-state index contributed by atoms with van der Waals surface area (Å²) in [6.07, 6.45) is -0.210. The summed E-state index contributed by atoms with van der Waals surface area (Å²) in [7, 11) is 0. The monoisotopic (exact) mass is 418 g/mol. The van der Waals surface area contributed by atoms with E-state index in [4.69, 9.17) is 30.5 Å². The van der Waals surface area contributed by atoms with Crippen molar-refractivity contribution in [2.45, 2.75) is 38.4 Å². The molecular formula is C23H27ClO5. The second-order valence-corrected chi connectivity index (χ2v) is 7.95. The second kappa shape index (κ2) is 9.51. The van der Waals surface area contributed by atoms with Crippen LogP contribution in [0.4, 0.5) is 0 Å². The molecule has 1 fully saturated rings. The van der Waals surface area contributed by atoms with E-state index >= 15 is 0 Å². The van der Waals surface area contributed by atoms with Crippen molar-refractivity contribution < 1.29 is 23.7 Å². The lowest BCUT2D eigenvalue weighted by Gasteiger charge is -2.26. The smallest absolute Gasteiger partial charge is 0.303 e. The molecule has 0 bridgehead atoms. The van der Waals surface area contributed by atoms with Crippen molar-refractivity contribution in [3.8, 4) is 11.5 Å². The molecule has 2 aromatic rings. The van der Waals surface area contributed by atoms with E-state index in [9.17, 15) is 4.79 Å². The molecule has 1 heterocycles. The number of alkyl halides is 1. The summed E-state index contributed by atoms with van der Waals surface area (Å²) in [6, 6.07) is 16.1. The molecule has 0 aromatic heterocycles. The molecule has 2 unspecified atom stereocenters. The highest BCUT2D eigenvalue weighted by Gasteiger charge is 2.25. The highest BCUT2D eigenvalue weighted by atomic mass is 35.5. The van der Waals surface area contributed by atoms with E-state index in [1.54, 1.807) is 0 Å². The van der Waals surface area contributed by atoms with Crippen molar-refractivity contribution in [2.24, 2.45) is 0 Å². The Labute approximate surface area is 176 Å². The van der Waals surface area contributed by atoms with Gasteiger partial charge in [-0.1, -0.05) is 38.1 Å². The minimum absolute atomic E-state index is 0.174. The van der Waals surface area contributed by atoms with Crippen molar-refractivity contribution >= 4 is 17.6 Å². The molecule has 6 heteroatoms. The highest BCUT2D eigenvalue weighted by molar-refractivity contribution is 6.18. The molecule has 156 valence electrons. The fourth-order valence-electron chi connectivity index (χ4n) is 2.99. The molecule has 3 rings (SSSR count). The SMILES string of the molecule is CC(=O)OC(CCl)COc1ccc(C(C)(C)c2ccc(OCC3CO3)cc2)cc1. The first-order chi connectivity index (χ1) is 13.9. The zero-order valence-corrected chi connectivity index (χ0v) is 17.8. The molecule has 2 atom stereocenters. The van der Waals surface area contributed by atoms with Crippen molar-refractivity contribution in [3.05, 3.63) is 59.7 Å². The van der Waals surface area contributed by atoms with Crippen LogP contribution in [0.2, 0.25) is 0 Å². The first-order valence-corrected chi connectivity index (χ1v) is 10.2. The zero-order chi connectivity index (χ0) is 20.9. The molecule has 1 aliphatic rings. The maximum Gasteiger partial charge on any atom is 0.303 e. The summed E-state index contributed by atoms with van der Waals surface area (Å²) in [5, 5.41) is 0. The van der Waals surface area contributed by atoms with E-state index in [0.717, 1.165) is 12.4 Å². The third kappa shape index (κ3) is 6.12. The van der Waals surface area contributed by atoms with Gasteiger partial charge in [0.25, 0.3) is 0 Å². The van der Waals surface area contributed by atoms with Crippen LogP contribution in [0.1, 0.15) is 31.9 Å². The third-order valence-electron chi connectivity index (χ3n) is 4.93. The summed E-state index contributed by atoms with van der Waals surface area (Å²) in [5.74, 6) is 1.38. The number of epoxide rings is 1. The summed E-state index contributed by atoms with van der Waals surface area (Å²) < 4.78 is 21.7. The fourth-order valence-corrected chi connectivity index (χ4v) is 3.14. The first-order valence-electron chi connectivity index (χ1n) is 9.70. The molecule has 0 spiro atoms. The molecular weight excluding hydrogens is 392 g/mol. The molecule has 0 aliphatic carbocycles. The Balaban J connectivity index is 1.60. The topological polar surface area (TPSA) is 57.3 Å². The fraction of sp³-hybridized carbons (Fsp3) is 0.435. The lowest BCUT2D eigenvalue weighted by atomic mass is 9.78. The number of benzene rings is 2. The van der Waals surface area contributed by atoms with Crippen molar-refractivity contribution in [1.29, 1.82) is 0 Å². The Bertz CT molecular complexity index is 797. The zero-order valence-electron chi connectivity index (χ0n) is 17.0. The summed E-state index contributed by atoms with van der Waals surface area (Å²) in [4.78, 5) is 11.1. The van der Waals surface area contributed by atoms with Crippen LogP contribution in [-0.2, 0) is 19.7 Å². The molecule has 29 heavy (non-hydrogen) atoms. The Morgan fingerprint density at radius 3 is 2.03 bits per heavy atom. The molecule has 1 aliphatic heterocycles. The predicted octanol–water partition coefficient (Wildman–Crippen LogP) is 4.34. The Kier molecular flexibility index (Phi) is 7.04. The highest BCUT2D eigenvalue weighted by Crippen LogP contribution is 2.33. The average Bonchev–Trinajstić information content (AvgIpc) is 3.54. The van der Waals surface area contributed by atoms with Gasteiger partial charge < -0.3 is 18.9 Å². The minimum Gasteiger partial charge on any atom is -0.491 e. The standard InChI is InChI=1S/C23H27ClO5/c1-16(25)29-21(12-24)13-26-19-8-4-17(5-9-19)23(2,3)18-6-10-20(11-7-18)27-14-22-15-28-22/h4-11,21-22H,12-15H2,1-3H3. The number of hydrogen-bond donors (Lipinski definition) is 0. The molecule has 5 nitrogen and oxygen atoms in total. The maximum atomic E-state index is 11.1. The number of hydrogen-bond acceptors (Lipinski definition) is 5. The lowest BCUT2D eigenvalue weighted by Crippen LogP contribution is -2.25. The summed E-state index contributed by atoms with van der Waals surface area (Å²) in [6.45, 7) is 7.34. The normalized spacial score (nSPS) is 16.8. The molecule has 0 radical (unpaired) electrons. The van der Waals surface area contributed by atoms with Crippen LogP contribution in [0.15, 0.2) is 48.5 Å². The lowest BCUT2D eigenvalue weighted by molar-refractivity contribution is -0.146. The molecule has 0 saturated carbocycles. The average molecular weight is 419 g/mol. The maximum absolute atomic E-state index is 11.1. The van der Waals surface area contributed by atoms with Crippen LogP contribution in [0, 0.1) is 0 Å². The van der Waals surface area contributed by atoms with Crippen LogP contribution in [-0.4, -0.2) is 43.9 Å². The van der Waals surface area contributed by atoms with Gasteiger partial charge >= 0.3 is 5.97 Å². The van der Waals surface area contributed by atoms with Gasteiger partial charge in [-0.15, -0.1) is 11.6 Å². The summed E-state index contributed by atoms with van der Waals surface area (Å²) >= 11 is 5.81. The van der Waals surface area contributed by atoms with Crippen LogP contribution in [0.3, 0.4) is 0 Å². The number of carbonyl (C=O) groups is 1. The van der Waals surface area contributed by atoms with Gasteiger partial charge in [0, 0.05) is 12.3 Å². The van der Waals surface area contributed by atoms with Gasteiger partial charge in [-0.3, -0.25) is 4.79 Å². The van der Waals surface area contributed by atoms with Gasteiger partial charge in [0.1, 0.15) is 36.9 Å². The van der Waals surface area contributed by atoms with E-state index in [0.29, 0.717) is 12.4 Å². The van der Waals surface area contributed by atoms with E-state index in [-0.39, 0.29) is 30.0 Å². The van der Waals surface area contributed by atoms with Crippen LogP contribution >= 0.6 is 11.6 Å². The van der Waals surface area contributed by atoms with Crippen molar-refractivity contribution in [2.75, 3.05) is 25.7 Å². The molecule has 0 N–H and O–H groups in total. The first kappa shape index (κ1) is 21.5. The number of halogens is 1. The van der Waals surface area contributed by atoms with Crippen molar-refractivity contribution in [1.82, 2.24) is 0 Å². The minimum atomic E-state index is -0.461. The van der Waals surface area contributed by atoms with E-state index < -0.39 is 6.10 Å². The van der Waals surface area contributed by atoms with E-state index in [2.05, 4.69) is 26.0 Å². The largest absolute Gasteiger partial charge is 0.491 e. The van der Waals surface area contributed by atoms with Gasteiger partial charge in [0.15, 0.2) is 0 Å². The number of esters is 1. The van der Waals surface area contributed by atoms with Crippen LogP contribution < -0.4 is 9.47 Å². The van der Waals surface area contributed by atoms with Crippen LogP contribution in [0.25, 0.3) is 0 Å². The predicted molar refractivity (Wildman–Crippen MR) is 112 cm³/mol. The van der Waals surface area contributed by atoms with Gasteiger partial charge in [-0.2, -0.15) is 0 Å². The Morgan fingerprint density at radius 1 is 1.07 bits per heavy atom. The summed E-state index contributed by atoms with van der Waals surface area (Å²) in [5.41, 5.74) is 2.18. The van der Waals surface area contributed by atoms with Gasteiger partial charge in [-0.25, -0.2) is 0 Å². The quantitative estimate of drug-likeness (QED) is 0.326. The second-order valence-electron chi connectivity index (χ2n) is 7.64. The molecule has 2 aromatic carbocycles. The van der Waals surface area contributed by atoms with Gasteiger partial charge in [0.2, 0.25) is 0 Å². The van der Waals surface area contributed by atoms with Gasteiger partial charge in [0.05, 0.1) is 12.5 Å². The molecule has 0 amide bonds. The van der Waals surface area contributed by atoms with E-state index in [1.807, 2.05) is 36.4 Å². The Hall–Kier alpha value is -2.24. The number of carbonyl (C=O) groups excluding carboxylic acids is 1. The van der Waals surface area contributed by atoms with Crippen LogP contribution in [0.5, 0.6) is 11.5 Å². The van der Waals surface area contributed by atoms with E-state index in [1.165, 1.54) is 18.1 Å². The Morgan fingerprint density at radius 2 is 1.59 bits per heavy atom.